The Morgan fingerprint density at radius 3 is 2.79 bits per heavy atom. The summed E-state index contributed by atoms with van der Waals surface area (Å²) in [5, 5.41) is 10.2. The molecule has 0 radical (unpaired) electrons. The SMILES string of the molecule is COc1ccccc1/C(Cl)=C\[N+](=O)[O-]. The van der Waals surface area contributed by atoms with Crippen LogP contribution in [-0.4, -0.2) is 12.0 Å². The summed E-state index contributed by atoms with van der Waals surface area (Å²) >= 11 is 5.72. The van der Waals surface area contributed by atoms with E-state index in [9.17, 15) is 10.1 Å². The molecule has 5 heteroatoms. The molecular weight excluding hydrogens is 206 g/mol. The van der Waals surface area contributed by atoms with E-state index < -0.39 is 4.92 Å². The molecule has 0 aromatic heterocycles. The van der Waals surface area contributed by atoms with E-state index in [-0.39, 0.29) is 5.03 Å². The van der Waals surface area contributed by atoms with Gasteiger partial charge in [-0.1, -0.05) is 23.7 Å². The van der Waals surface area contributed by atoms with Crippen LogP contribution in [0.3, 0.4) is 0 Å². The lowest BCUT2D eigenvalue weighted by Crippen LogP contribution is -1.90. The maximum absolute atomic E-state index is 10.2. The number of halogens is 1. The average molecular weight is 214 g/mol. The lowest BCUT2D eigenvalue weighted by molar-refractivity contribution is -0.401. The second-order valence-electron chi connectivity index (χ2n) is 2.46. The van der Waals surface area contributed by atoms with Gasteiger partial charge in [-0.15, -0.1) is 0 Å². The molecule has 4 nitrogen and oxygen atoms in total. The van der Waals surface area contributed by atoms with Gasteiger partial charge in [-0.2, -0.15) is 0 Å². The molecule has 1 aromatic rings. The summed E-state index contributed by atoms with van der Waals surface area (Å²) < 4.78 is 5.00. The normalized spacial score (nSPS) is 11.1. The van der Waals surface area contributed by atoms with E-state index in [4.69, 9.17) is 16.3 Å². The van der Waals surface area contributed by atoms with Crippen LogP contribution in [0.5, 0.6) is 5.75 Å². The molecule has 0 heterocycles. The van der Waals surface area contributed by atoms with Gasteiger partial charge in [0.2, 0.25) is 0 Å². The molecule has 74 valence electrons. The number of nitro groups is 1. The summed E-state index contributed by atoms with van der Waals surface area (Å²) in [4.78, 5) is 9.58. The van der Waals surface area contributed by atoms with Crippen LogP contribution in [0.4, 0.5) is 0 Å². The summed E-state index contributed by atoms with van der Waals surface area (Å²) in [6, 6.07) is 6.83. The number of rotatable bonds is 3. The first kappa shape index (κ1) is 10.5. The Balaban J connectivity index is 3.11. The summed E-state index contributed by atoms with van der Waals surface area (Å²) in [5.74, 6) is 0.510. The van der Waals surface area contributed by atoms with Gasteiger partial charge >= 0.3 is 0 Å². The number of para-hydroxylation sites is 1. The maximum Gasteiger partial charge on any atom is 0.253 e. The smallest absolute Gasteiger partial charge is 0.253 e. The van der Waals surface area contributed by atoms with Crippen molar-refractivity contribution in [2.45, 2.75) is 0 Å². The Kier molecular flexibility index (Phi) is 3.48. The molecule has 0 atom stereocenters. The molecule has 0 aliphatic carbocycles. The van der Waals surface area contributed by atoms with Gasteiger partial charge in [0.15, 0.2) is 0 Å². The Morgan fingerprint density at radius 2 is 2.21 bits per heavy atom. The van der Waals surface area contributed by atoms with Crippen LogP contribution in [0.25, 0.3) is 5.03 Å². The molecule has 1 aromatic carbocycles. The van der Waals surface area contributed by atoms with Crippen molar-refractivity contribution in [3.05, 3.63) is 46.1 Å². The van der Waals surface area contributed by atoms with Crippen molar-refractivity contribution >= 4 is 16.6 Å². The van der Waals surface area contributed by atoms with Crippen LogP contribution in [0, 0.1) is 10.1 Å². The average Bonchev–Trinajstić information content (AvgIpc) is 2.16. The Hall–Kier alpha value is -1.55. The molecule has 0 unspecified atom stereocenters. The number of methoxy groups -OCH3 is 1. The van der Waals surface area contributed by atoms with Crippen LogP contribution < -0.4 is 4.74 Å². The molecule has 0 saturated heterocycles. The fourth-order valence-corrected chi connectivity index (χ4v) is 1.24. The first-order chi connectivity index (χ1) is 6.65. The number of ether oxygens (including phenoxy) is 1. The molecule has 0 fully saturated rings. The van der Waals surface area contributed by atoms with Crippen molar-refractivity contribution in [1.29, 1.82) is 0 Å². The summed E-state index contributed by atoms with van der Waals surface area (Å²) in [5.41, 5.74) is 0.508. The van der Waals surface area contributed by atoms with Crippen LogP contribution >= 0.6 is 11.6 Å². The van der Waals surface area contributed by atoms with Gasteiger partial charge in [-0.25, -0.2) is 0 Å². The van der Waals surface area contributed by atoms with Gasteiger partial charge in [0.05, 0.1) is 12.0 Å². The fourth-order valence-electron chi connectivity index (χ4n) is 1.00. The highest BCUT2D eigenvalue weighted by atomic mass is 35.5. The number of hydrogen-bond donors (Lipinski definition) is 0. The molecule has 0 amide bonds. The number of hydrogen-bond acceptors (Lipinski definition) is 3. The van der Waals surface area contributed by atoms with E-state index in [1.165, 1.54) is 7.11 Å². The number of nitrogens with zero attached hydrogens (tertiary/aromatic N) is 1. The summed E-state index contributed by atoms with van der Waals surface area (Å²) in [6.45, 7) is 0. The van der Waals surface area contributed by atoms with Gasteiger partial charge in [0.25, 0.3) is 6.20 Å². The van der Waals surface area contributed by atoms with E-state index in [1.54, 1.807) is 24.3 Å². The fraction of sp³-hybridized carbons (Fsp3) is 0.111. The maximum atomic E-state index is 10.2. The van der Waals surface area contributed by atoms with E-state index in [0.717, 1.165) is 6.20 Å². The molecular formula is C9H8ClNO3. The topological polar surface area (TPSA) is 52.4 Å². The highest BCUT2D eigenvalue weighted by molar-refractivity contribution is 6.48. The molecule has 0 spiro atoms. The van der Waals surface area contributed by atoms with Crippen molar-refractivity contribution in [1.82, 2.24) is 0 Å². The van der Waals surface area contributed by atoms with Gasteiger partial charge in [0.1, 0.15) is 10.8 Å². The zero-order chi connectivity index (χ0) is 10.6. The predicted molar refractivity (Wildman–Crippen MR) is 53.8 cm³/mol. The van der Waals surface area contributed by atoms with Gasteiger partial charge in [0, 0.05) is 5.56 Å². The minimum atomic E-state index is -0.602. The largest absolute Gasteiger partial charge is 0.496 e. The van der Waals surface area contributed by atoms with E-state index >= 15 is 0 Å². The predicted octanol–water partition coefficient (Wildman–Crippen LogP) is 2.51. The van der Waals surface area contributed by atoms with E-state index in [1.807, 2.05) is 0 Å². The summed E-state index contributed by atoms with van der Waals surface area (Å²) in [6.07, 6.45) is 0.736. The highest BCUT2D eigenvalue weighted by Crippen LogP contribution is 2.27. The van der Waals surface area contributed by atoms with E-state index in [2.05, 4.69) is 0 Å². The third-order valence-corrected chi connectivity index (χ3v) is 1.88. The monoisotopic (exact) mass is 213 g/mol. The lowest BCUT2D eigenvalue weighted by Gasteiger charge is -2.04. The highest BCUT2D eigenvalue weighted by Gasteiger charge is 2.08. The molecule has 0 bridgehead atoms. The molecule has 14 heavy (non-hydrogen) atoms. The van der Waals surface area contributed by atoms with Crippen molar-refractivity contribution in [2.75, 3.05) is 7.11 Å². The van der Waals surface area contributed by atoms with Crippen molar-refractivity contribution in [2.24, 2.45) is 0 Å². The minimum absolute atomic E-state index is 0.0486. The quantitative estimate of drug-likeness (QED) is 0.573. The number of benzene rings is 1. The second kappa shape index (κ2) is 4.62. The Bertz CT molecular complexity index is 376. The standard InChI is InChI=1S/C9H8ClNO3/c1-14-9-5-3-2-4-7(9)8(10)6-11(12)13/h2-6H,1H3/b8-6+. The third-order valence-electron chi connectivity index (χ3n) is 1.58. The van der Waals surface area contributed by atoms with Crippen LogP contribution in [0.2, 0.25) is 0 Å². The Labute approximate surface area is 85.9 Å². The molecule has 0 aliphatic rings. The van der Waals surface area contributed by atoms with Crippen LogP contribution in [0.1, 0.15) is 5.56 Å². The van der Waals surface area contributed by atoms with E-state index in [0.29, 0.717) is 11.3 Å². The molecule has 0 N–H and O–H groups in total. The Morgan fingerprint density at radius 1 is 1.57 bits per heavy atom. The second-order valence-corrected chi connectivity index (χ2v) is 2.87. The summed E-state index contributed by atoms with van der Waals surface area (Å²) in [7, 11) is 1.48. The van der Waals surface area contributed by atoms with Gasteiger partial charge < -0.3 is 4.74 Å². The van der Waals surface area contributed by atoms with Crippen LogP contribution in [-0.2, 0) is 0 Å². The van der Waals surface area contributed by atoms with Crippen molar-refractivity contribution < 1.29 is 9.66 Å². The van der Waals surface area contributed by atoms with Gasteiger partial charge in [-0.3, -0.25) is 10.1 Å². The third kappa shape index (κ3) is 2.47. The molecule has 0 saturated carbocycles. The first-order valence-corrected chi connectivity index (χ1v) is 4.17. The van der Waals surface area contributed by atoms with Crippen LogP contribution in [0.15, 0.2) is 30.5 Å². The molecule has 1 rings (SSSR count). The minimum Gasteiger partial charge on any atom is -0.496 e. The van der Waals surface area contributed by atoms with Crippen molar-refractivity contribution in [3.63, 3.8) is 0 Å². The lowest BCUT2D eigenvalue weighted by atomic mass is 10.2. The van der Waals surface area contributed by atoms with Crippen molar-refractivity contribution in [3.8, 4) is 5.75 Å². The zero-order valence-electron chi connectivity index (χ0n) is 7.44. The zero-order valence-corrected chi connectivity index (χ0v) is 8.19. The first-order valence-electron chi connectivity index (χ1n) is 3.79. The van der Waals surface area contributed by atoms with Gasteiger partial charge in [-0.05, 0) is 12.1 Å². The molecule has 0 aliphatic heterocycles.